The molecule has 0 aliphatic heterocycles. The molecule has 0 unspecified atom stereocenters. The molecule has 15 heavy (non-hydrogen) atoms. The average molecular weight is 224 g/mol. The third-order valence-corrected chi connectivity index (χ3v) is 2.42. The molecule has 0 spiro atoms. The second-order valence-corrected chi connectivity index (χ2v) is 3.43. The number of hydrogen-bond acceptors (Lipinski definition) is 2. The van der Waals surface area contributed by atoms with Crippen LogP contribution in [0.2, 0.25) is 0 Å². The van der Waals surface area contributed by atoms with E-state index >= 15 is 0 Å². The molecule has 0 heterocycles. The van der Waals surface area contributed by atoms with Crippen LogP contribution >= 0.6 is 11.6 Å². The van der Waals surface area contributed by atoms with Crippen LogP contribution in [0.4, 0.5) is 4.39 Å². The summed E-state index contributed by atoms with van der Waals surface area (Å²) in [5, 5.41) is 12.6. The van der Waals surface area contributed by atoms with Crippen LogP contribution in [0, 0.1) is 5.82 Å². The van der Waals surface area contributed by atoms with E-state index in [2.05, 4.69) is 5.16 Å². The molecular formula is C11H7ClFNO. The Labute approximate surface area is 90.6 Å². The van der Waals surface area contributed by atoms with Crippen LogP contribution < -0.4 is 0 Å². The highest BCUT2D eigenvalue weighted by Crippen LogP contribution is 2.20. The molecule has 2 aromatic carbocycles. The van der Waals surface area contributed by atoms with Gasteiger partial charge in [0.25, 0.3) is 0 Å². The minimum Gasteiger partial charge on any atom is -0.410 e. The average Bonchev–Trinajstić information content (AvgIpc) is 2.27. The number of nitrogens with zero attached hydrogens (tertiary/aromatic N) is 1. The fraction of sp³-hybridized carbons (Fsp3) is 0. The normalized spacial score (nSPS) is 12.0. The van der Waals surface area contributed by atoms with Crippen molar-refractivity contribution in [2.75, 3.05) is 0 Å². The van der Waals surface area contributed by atoms with Gasteiger partial charge in [-0.05, 0) is 22.9 Å². The van der Waals surface area contributed by atoms with Crippen molar-refractivity contribution in [2.24, 2.45) is 5.16 Å². The summed E-state index contributed by atoms with van der Waals surface area (Å²) in [7, 11) is 0. The van der Waals surface area contributed by atoms with Gasteiger partial charge in [0.1, 0.15) is 5.82 Å². The molecule has 2 nitrogen and oxygen atoms in total. The Balaban J connectivity index is 2.72. The van der Waals surface area contributed by atoms with Crippen molar-refractivity contribution in [1.82, 2.24) is 0 Å². The quantitative estimate of drug-likeness (QED) is 0.449. The Bertz CT molecular complexity index is 539. The zero-order valence-electron chi connectivity index (χ0n) is 7.61. The summed E-state index contributed by atoms with van der Waals surface area (Å²) in [4.78, 5) is 0. The maximum Gasteiger partial charge on any atom is 0.178 e. The van der Waals surface area contributed by atoms with Gasteiger partial charge in [0.05, 0.1) is 5.56 Å². The first kappa shape index (κ1) is 9.93. The maximum atomic E-state index is 13.5. The predicted molar refractivity (Wildman–Crippen MR) is 58.1 cm³/mol. The summed E-state index contributed by atoms with van der Waals surface area (Å²) in [6.45, 7) is 0. The monoisotopic (exact) mass is 223 g/mol. The smallest absolute Gasteiger partial charge is 0.178 e. The number of oxime groups is 1. The molecule has 2 aromatic rings. The molecule has 0 saturated heterocycles. The molecular weight excluding hydrogens is 217 g/mol. The van der Waals surface area contributed by atoms with Gasteiger partial charge >= 0.3 is 0 Å². The van der Waals surface area contributed by atoms with Crippen LogP contribution in [0.1, 0.15) is 5.56 Å². The molecule has 0 fully saturated rings. The van der Waals surface area contributed by atoms with E-state index < -0.39 is 5.82 Å². The summed E-state index contributed by atoms with van der Waals surface area (Å²) < 4.78 is 13.5. The lowest BCUT2D eigenvalue weighted by atomic mass is 10.1. The third kappa shape index (κ3) is 1.78. The summed E-state index contributed by atoms with van der Waals surface area (Å²) >= 11 is 5.56. The first-order valence-corrected chi connectivity index (χ1v) is 4.66. The van der Waals surface area contributed by atoms with Gasteiger partial charge in [-0.2, -0.15) is 0 Å². The van der Waals surface area contributed by atoms with Crippen molar-refractivity contribution in [3.63, 3.8) is 0 Å². The van der Waals surface area contributed by atoms with Gasteiger partial charge in [-0.15, -0.1) is 0 Å². The Kier molecular flexibility index (Phi) is 2.56. The van der Waals surface area contributed by atoms with Gasteiger partial charge in [0, 0.05) is 0 Å². The van der Waals surface area contributed by atoms with Crippen LogP contribution in [0.15, 0.2) is 41.6 Å². The van der Waals surface area contributed by atoms with Crippen molar-refractivity contribution >= 4 is 27.5 Å². The van der Waals surface area contributed by atoms with E-state index in [1.165, 1.54) is 6.07 Å². The minimum atomic E-state index is -0.503. The van der Waals surface area contributed by atoms with Crippen LogP contribution in [0.25, 0.3) is 10.8 Å². The molecule has 2 rings (SSSR count). The van der Waals surface area contributed by atoms with Gasteiger partial charge in [0.15, 0.2) is 5.17 Å². The highest BCUT2D eigenvalue weighted by molar-refractivity contribution is 6.69. The Morgan fingerprint density at radius 3 is 2.40 bits per heavy atom. The molecule has 0 saturated carbocycles. The van der Waals surface area contributed by atoms with Gasteiger partial charge < -0.3 is 5.21 Å². The highest BCUT2D eigenvalue weighted by atomic mass is 35.5. The maximum absolute atomic E-state index is 13.5. The second kappa shape index (κ2) is 3.87. The van der Waals surface area contributed by atoms with E-state index in [9.17, 15) is 4.39 Å². The zero-order chi connectivity index (χ0) is 10.8. The Morgan fingerprint density at radius 1 is 1.20 bits per heavy atom. The lowest BCUT2D eigenvalue weighted by molar-refractivity contribution is 0.320. The minimum absolute atomic E-state index is 0.0952. The molecule has 4 heteroatoms. The molecule has 0 aromatic heterocycles. The fourth-order valence-corrected chi connectivity index (χ4v) is 1.57. The first-order valence-electron chi connectivity index (χ1n) is 4.28. The first-order chi connectivity index (χ1) is 7.22. The summed E-state index contributed by atoms with van der Waals surface area (Å²) in [6, 6.07) is 10.2. The fourth-order valence-electron chi connectivity index (χ4n) is 1.42. The van der Waals surface area contributed by atoms with E-state index in [0.717, 1.165) is 10.8 Å². The van der Waals surface area contributed by atoms with Gasteiger partial charge in [-0.25, -0.2) is 4.39 Å². The van der Waals surface area contributed by atoms with Gasteiger partial charge in [0.2, 0.25) is 0 Å². The molecule has 0 aliphatic carbocycles. The second-order valence-electron chi connectivity index (χ2n) is 3.07. The van der Waals surface area contributed by atoms with E-state index in [1.54, 1.807) is 12.1 Å². The molecule has 1 N–H and O–H groups in total. The van der Waals surface area contributed by atoms with Crippen LogP contribution in [0.5, 0.6) is 0 Å². The highest BCUT2D eigenvalue weighted by Gasteiger charge is 2.09. The lowest BCUT2D eigenvalue weighted by Crippen LogP contribution is -1.96. The number of rotatable bonds is 1. The third-order valence-electron chi connectivity index (χ3n) is 2.15. The van der Waals surface area contributed by atoms with Crippen LogP contribution in [0.3, 0.4) is 0 Å². The zero-order valence-corrected chi connectivity index (χ0v) is 8.37. The van der Waals surface area contributed by atoms with Gasteiger partial charge in [-0.3, -0.25) is 0 Å². The topological polar surface area (TPSA) is 32.6 Å². The van der Waals surface area contributed by atoms with Crippen LogP contribution in [-0.4, -0.2) is 10.4 Å². The molecule has 76 valence electrons. The number of halogens is 2. The van der Waals surface area contributed by atoms with E-state index in [4.69, 9.17) is 16.8 Å². The van der Waals surface area contributed by atoms with Crippen LogP contribution in [-0.2, 0) is 0 Å². The standard InChI is InChI=1S/C11H7ClFNO/c12-11(14-15)9-5-7-3-1-2-4-8(7)6-10(9)13/h1-6,15H/b14-11-. The number of benzene rings is 2. The lowest BCUT2D eigenvalue weighted by Gasteiger charge is -2.02. The molecule has 0 aliphatic rings. The van der Waals surface area contributed by atoms with E-state index in [-0.39, 0.29) is 10.7 Å². The number of fused-ring (bicyclic) bond motifs is 1. The molecule has 0 radical (unpaired) electrons. The Hall–Kier alpha value is -1.61. The summed E-state index contributed by atoms with van der Waals surface area (Å²) in [5.74, 6) is -0.503. The van der Waals surface area contributed by atoms with Crippen molar-refractivity contribution in [3.05, 3.63) is 47.8 Å². The Morgan fingerprint density at radius 2 is 1.80 bits per heavy atom. The summed E-state index contributed by atoms with van der Waals surface area (Å²) in [5.41, 5.74) is 0.0952. The number of hydrogen-bond donors (Lipinski definition) is 1. The van der Waals surface area contributed by atoms with E-state index in [1.807, 2.05) is 18.2 Å². The summed E-state index contributed by atoms with van der Waals surface area (Å²) in [6.07, 6.45) is 0. The van der Waals surface area contributed by atoms with Crippen molar-refractivity contribution in [3.8, 4) is 0 Å². The predicted octanol–water partition coefficient (Wildman–Crippen LogP) is 3.35. The molecule has 0 atom stereocenters. The van der Waals surface area contributed by atoms with Crippen molar-refractivity contribution in [2.45, 2.75) is 0 Å². The molecule has 0 bridgehead atoms. The van der Waals surface area contributed by atoms with Gasteiger partial charge in [-0.1, -0.05) is 41.0 Å². The largest absolute Gasteiger partial charge is 0.410 e. The molecule has 0 amide bonds. The van der Waals surface area contributed by atoms with Crippen molar-refractivity contribution in [1.29, 1.82) is 0 Å². The SMILES string of the molecule is O/N=C(\Cl)c1cc2ccccc2cc1F. The van der Waals surface area contributed by atoms with Crippen molar-refractivity contribution < 1.29 is 9.60 Å². The van der Waals surface area contributed by atoms with E-state index in [0.29, 0.717) is 0 Å².